The third kappa shape index (κ3) is 51.1. The van der Waals surface area contributed by atoms with Gasteiger partial charge in [-0.05, 0) is 265 Å². The van der Waals surface area contributed by atoms with E-state index in [1.807, 2.05) is 0 Å². The Morgan fingerprint density at radius 1 is 0.437 bits per heavy atom. The first-order valence-corrected chi connectivity index (χ1v) is 44.5. The Labute approximate surface area is 706 Å². The summed E-state index contributed by atoms with van der Waals surface area (Å²) in [5.41, 5.74) is 20.5. The molecule has 30 nitrogen and oxygen atoms in total. The molecule has 0 spiro atoms. The molecule has 15 N–H and O–H groups in total. The lowest BCUT2D eigenvalue weighted by molar-refractivity contribution is -0.261. The number of hydrogen-bond acceptors (Lipinski definition) is 19. The highest BCUT2D eigenvalue weighted by Gasteiger charge is 2.51. The van der Waals surface area contributed by atoms with Crippen LogP contribution in [0.4, 0.5) is 0 Å². The SMILES string of the molecule is CC(=O)N[C@H]1C(OP(=O)(O)OP(=O)(O)OC/C=C(\C)CC/C=C(\C)CC/C=C(\C)CC/C=C(\C)CC/C=C(\C)CC/C=C(\C)CC/C=C(\C)CC/C=C(\C)CC/C=C(\C)CC/C=C(\C)CCC=C(C)C)O[C@H](CO)[C@@H](O)[C@@H]1OC(C)C(=O)N[C@@H](C)C(=O)N[C@H](CCC(=O)O)C(=O)N[C@H](CCC[C@H](N)C(=O)O)C(=O)N[C@H](C)C(=O)N[C@H](C)C(=O)O. The summed E-state index contributed by atoms with van der Waals surface area (Å²) >= 11 is 0. The number of rotatable bonds is 60. The molecule has 0 radical (unpaired) electrons. The van der Waals surface area contributed by atoms with E-state index in [4.69, 9.17) is 24.3 Å². The fraction of sp³-hybridized carbons (Fsp3) is 0.644. The zero-order valence-electron chi connectivity index (χ0n) is 73.5. The van der Waals surface area contributed by atoms with E-state index >= 15 is 0 Å². The number of carbonyl (C=O) groups excluding carboxylic acids is 6. The van der Waals surface area contributed by atoms with Gasteiger partial charge in [0.25, 0.3) is 0 Å². The van der Waals surface area contributed by atoms with Crippen LogP contribution in [0.25, 0.3) is 0 Å². The quantitative estimate of drug-likeness (QED) is 0.0199. The standard InChI is InChI=1S/C87H143N7O23P2/c1-56(2)29-18-30-57(3)31-19-32-58(4)33-20-34-59(5)35-21-36-60(6)37-22-38-61(7)39-23-40-62(8)41-24-42-63(9)43-25-44-64(10)45-26-46-65(11)47-27-48-66(12)53-54-113-118(109,110)117-119(111,112)116-87-77(92-71(17)96)79(78(99)75(55-95)115-87)114-70(16)82(102)89-68(14)81(101)93-74(51-52-76(97)98)84(104)94-73(50-28-49-72(88)86(107)108)83(103)90-67(13)80(100)91-69(15)85(105)106/h29,31,33,35,37,39,41,43,45,47,53,67-70,72-75,77-79,87,95,99H,18-28,30,32,34,36,38,40,42,44,46,48-52,54-55,88H2,1-17H3,(H,89,102)(H,90,103)(H,91,100)(H,92,96)(H,93,101)(H,94,104)(H,97,98)(H,105,106)(H,107,108)(H,109,110)(H,111,112)/b57-31+,58-33+,59-35+,60-37+,61-39+,62-41+,63-43+,64-45+,65-47+,66-53+/t67-,68+,69-,70?,72+,73-,74-,75-,77-,78-,79-,87?/m1/s1. The molecule has 4 unspecified atom stereocenters. The summed E-state index contributed by atoms with van der Waals surface area (Å²) in [5, 5.41) is 63.1. The second kappa shape index (κ2) is 59.2. The van der Waals surface area contributed by atoms with Gasteiger partial charge in [0.15, 0.2) is 6.29 Å². The molecule has 0 saturated carbocycles. The van der Waals surface area contributed by atoms with Crippen molar-refractivity contribution in [1.82, 2.24) is 31.9 Å². The number of aliphatic carboxylic acids is 3. The van der Waals surface area contributed by atoms with Gasteiger partial charge in [0.05, 0.1) is 13.2 Å². The largest absolute Gasteiger partial charge is 0.483 e. The summed E-state index contributed by atoms with van der Waals surface area (Å²) in [7, 11) is -11.2. The van der Waals surface area contributed by atoms with Crippen molar-refractivity contribution in [3.05, 3.63) is 128 Å². The number of aliphatic hydroxyl groups excluding tert-OH is 2. The average Bonchev–Trinajstić information content (AvgIpc) is 0.782. The molecule has 14 atom stereocenters. The molecule has 0 aromatic heterocycles. The number of carboxylic acid groups (broad SMARTS) is 3. The molecule has 1 aliphatic heterocycles. The van der Waals surface area contributed by atoms with Gasteiger partial charge in [0.2, 0.25) is 35.4 Å². The minimum Gasteiger partial charge on any atom is -0.481 e. The Hall–Kier alpha value is -7.57. The summed E-state index contributed by atoms with van der Waals surface area (Å²) in [5.74, 6) is -10.4. The van der Waals surface area contributed by atoms with Crippen LogP contribution in [-0.4, -0.2) is 175 Å². The van der Waals surface area contributed by atoms with Gasteiger partial charge in [0.1, 0.15) is 66.7 Å². The average molecular weight is 1720 g/mol. The molecular formula is C87H143N7O23P2. The summed E-state index contributed by atoms with van der Waals surface area (Å²) in [6.07, 6.45) is 33.7. The van der Waals surface area contributed by atoms with E-state index in [0.717, 1.165) is 149 Å². The number of nitrogens with two attached hydrogens (primary N) is 1. The van der Waals surface area contributed by atoms with Gasteiger partial charge in [-0.25, -0.2) is 9.13 Å². The lowest BCUT2D eigenvalue weighted by Gasteiger charge is -2.44. The van der Waals surface area contributed by atoms with E-state index in [0.29, 0.717) is 12.8 Å². The lowest BCUT2D eigenvalue weighted by Crippen LogP contribution is -2.66. The van der Waals surface area contributed by atoms with Gasteiger partial charge in [-0.2, -0.15) is 4.31 Å². The van der Waals surface area contributed by atoms with Crippen molar-refractivity contribution in [3.63, 3.8) is 0 Å². The molecule has 1 heterocycles. The van der Waals surface area contributed by atoms with Gasteiger partial charge >= 0.3 is 33.6 Å². The van der Waals surface area contributed by atoms with Crippen molar-refractivity contribution >= 4 is 69.0 Å². The first kappa shape index (κ1) is 109. The first-order valence-electron chi connectivity index (χ1n) is 41.5. The smallest absolute Gasteiger partial charge is 0.481 e. The summed E-state index contributed by atoms with van der Waals surface area (Å²) in [6.45, 7) is 30.0. The third-order valence-corrected chi connectivity index (χ3v) is 22.5. The Morgan fingerprint density at radius 3 is 1.14 bits per heavy atom. The number of phosphoric acid groups is 2. The minimum atomic E-state index is -5.78. The zero-order chi connectivity index (χ0) is 90.1. The number of carbonyl (C=O) groups is 9. The van der Waals surface area contributed by atoms with Crippen LogP contribution in [-0.2, 0) is 75.1 Å². The molecule has 6 amide bonds. The minimum absolute atomic E-state index is 0.104. The monoisotopic (exact) mass is 1720 g/mol. The van der Waals surface area contributed by atoms with E-state index < -0.39 is 168 Å². The highest BCUT2D eigenvalue weighted by molar-refractivity contribution is 7.61. The normalized spacial score (nSPS) is 19.8. The van der Waals surface area contributed by atoms with Crippen LogP contribution in [0.15, 0.2) is 128 Å². The van der Waals surface area contributed by atoms with Crippen LogP contribution in [0.3, 0.4) is 0 Å². The van der Waals surface area contributed by atoms with E-state index in [2.05, 4.69) is 173 Å². The van der Waals surface area contributed by atoms with E-state index in [1.165, 1.54) is 68.7 Å². The predicted molar refractivity (Wildman–Crippen MR) is 461 cm³/mol. The number of phosphoric ester groups is 2. The van der Waals surface area contributed by atoms with Crippen molar-refractivity contribution in [2.24, 2.45) is 5.73 Å². The molecule has 1 rings (SSSR count). The van der Waals surface area contributed by atoms with Crippen molar-refractivity contribution in [1.29, 1.82) is 0 Å². The number of ether oxygens (including phenoxy) is 2. The van der Waals surface area contributed by atoms with Gasteiger partial charge in [-0.15, -0.1) is 0 Å². The Kier molecular flexibility index (Phi) is 54.5. The van der Waals surface area contributed by atoms with Gasteiger partial charge in [-0.1, -0.05) is 128 Å². The lowest BCUT2D eigenvalue weighted by atomic mass is 9.96. The third-order valence-electron chi connectivity index (χ3n) is 19.9. The molecule has 32 heteroatoms. The first-order chi connectivity index (χ1) is 55.7. The highest BCUT2D eigenvalue weighted by Crippen LogP contribution is 2.61. The second-order valence-electron chi connectivity index (χ2n) is 31.7. The van der Waals surface area contributed by atoms with Gasteiger partial charge in [0, 0.05) is 13.3 Å². The Bertz CT molecular complexity index is 3740. The van der Waals surface area contributed by atoms with Crippen molar-refractivity contribution < 1.29 is 110 Å². The summed E-state index contributed by atoms with van der Waals surface area (Å²) in [6, 6.07) is -10.9. The highest BCUT2D eigenvalue weighted by atomic mass is 31.3. The molecule has 1 aliphatic rings. The molecule has 674 valence electrons. The van der Waals surface area contributed by atoms with Crippen molar-refractivity contribution in [2.75, 3.05) is 13.2 Å². The number of amides is 6. The Balaban J connectivity index is 2.79. The zero-order valence-corrected chi connectivity index (χ0v) is 75.3. The number of allylic oxidation sites excluding steroid dienone is 21. The fourth-order valence-electron chi connectivity index (χ4n) is 12.3. The molecule has 0 bridgehead atoms. The fourth-order valence-corrected chi connectivity index (χ4v) is 14.4. The van der Waals surface area contributed by atoms with Crippen molar-refractivity contribution in [3.8, 4) is 0 Å². The second-order valence-corrected chi connectivity index (χ2v) is 34.7. The number of hydrogen-bond donors (Lipinski definition) is 14. The molecule has 0 aliphatic carbocycles. The number of carboxylic acids is 3. The number of nitrogens with one attached hydrogen (secondary N) is 6. The van der Waals surface area contributed by atoms with E-state index in [1.54, 1.807) is 6.92 Å². The molecule has 1 saturated heterocycles. The molecular weight excluding hydrogens is 1570 g/mol. The van der Waals surface area contributed by atoms with Crippen molar-refractivity contribution in [2.45, 2.75) is 351 Å². The van der Waals surface area contributed by atoms with E-state index in [9.17, 15) is 87.6 Å². The topological polar surface area (TPSA) is 474 Å². The van der Waals surface area contributed by atoms with Crippen LogP contribution >= 0.6 is 15.6 Å². The van der Waals surface area contributed by atoms with Crippen LogP contribution in [0, 0.1) is 0 Å². The van der Waals surface area contributed by atoms with Crippen LogP contribution in [0.5, 0.6) is 0 Å². The molecule has 0 aromatic carbocycles. The maximum Gasteiger partial charge on any atom is 0.483 e. The van der Waals surface area contributed by atoms with Crippen LogP contribution < -0.4 is 37.6 Å². The van der Waals surface area contributed by atoms with Gasteiger partial charge < -0.3 is 82.4 Å². The summed E-state index contributed by atoms with van der Waals surface area (Å²) in [4.78, 5) is 136. The number of aliphatic hydroxyl groups is 2. The maximum absolute atomic E-state index is 13.8. The van der Waals surface area contributed by atoms with E-state index in [-0.39, 0.29) is 19.3 Å². The molecule has 1 fully saturated rings. The van der Waals surface area contributed by atoms with Crippen LogP contribution in [0.2, 0.25) is 0 Å². The maximum atomic E-state index is 13.8. The molecule has 0 aromatic rings. The van der Waals surface area contributed by atoms with Crippen LogP contribution in [0.1, 0.15) is 278 Å². The summed E-state index contributed by atoms with van der Waals surface area (Å²) < 4.78 is 52.5. The van der Waals surface area contributed by atoms with Gasteiger partial charge in [-0.3, -0.25) is 52.2 Å². The Morgan fingerprint density at radius 2 is 0.782 bits per heavy atom. The predicted octanol–water partition coefficient (Wildman–Crippen LogP) is 13.8. The molecule has 119 heavy (non-hydrogen) atoms.